The van der Waals surface area contributed by atoms with Gasteiger partial charge in [0.15, 0.2) is 5.96 Å². The average molecular weight is 378 g/mol. The molecule has 1 aliphatic heterocycles. The summed E-state index contributed by atoms with van der Waals surface area (Å²) in [6, 6.07) is 10.5. The molecule has 0 radical (unpaired) electrons. The predicted molar refractivity (Wildman–Crippen MR) is 109 cm³/mol. The summed E-state index contributed by atoms with van der Waals surface area (Å²) in [5, 5.41) is 6.72. The lowest BCUT2D eigenvalue weighted by atomic mass is 9.89. The van der Waals surface area contributed by atoms with Crippen molar-refractivity contribution in [2.75, 3.05) is 53.2 Å². The molecule has 1 fully saturated rings. The predicted octanol–water partition coefficient (Wildman–Crippen LogP) is 2.76. The summed E-state index contributed by atoms with van der Waals surface area (Å²) in [6.45, 7) is 7.38. The number of hydrogen-bond acceptors (Lipinski definition) is 4. The van der Waals surface area contributed by atoms with Crippen LogP contribution in [-0.4, -0.2) is 59.1 Å². The lowest BCUT2D eigenvalue weighted by Gasteiger charge is -2.31. The topological polar surface area (TPSA) is 64.1 Å². The van der Waals surface area contributed by atoms with Gasteiger partial charge < -0.3 is 24.8 Å². The first-order chi connectivity index (χ1) is 13.3. The van der Waals surface area contributed by atoms with E-state index in [1.165, 1.54) is 5.56 Å². The van der Waals surface area contributed by atoms with Gasteiger partial charge in [0.1, 0.15) is 0 Å². The zero-order valence-electron chi connectivity index (χ0n) is 16.8. The molecule has 2 rings (SSSR count). The van der Waals surface area contributed by atoms with Gasteiger partial charge in [0.2, 0.25) is 0 Å². The van der Waals surface area contributed by atoms with E-state index in [0.717, 1.165) is 58.1 Å². The molecule has 0 bridgehead atoms. The molecule has 6 heteroatoms. The Hall–Kier alpha value is -1.63. The molecule has 1 saturated heterocycles. The molecule has 6 nitrogen and oxygen atoms in total. The van der Waals surface area contributed by atoms with E-state index in [1.54, 1.807) is 7.11 Å². The lowest BCUT2D eigenvalue weighted by molar-refractivity contribution is -0.0250. The minimum absolute atomic E-state index is 0.140. The van der Waals surface area contributed by atoms with Crippen molar-refractivity contribution in [3.05, 3.63) is 35.9 Å². The molecule has 1 heterocycles. The van der Waals surface area contributed by atoms with Crippen molar-refractivity contribution in [2.24, 2.45) is 10.9 Å². The van der Waals surface area contributed by atoms with E-state index in [-0.39, 0.29) is 6.10 Å². The molecule has 1 aromatic carbocycles. The lowest BCUT2D eigenvalue weighted by Crippen LogP contribution is -2.39. The molecule has 0 amide bonds. The van der Waals surface area contributed by atoms with Gasteiger partial charge in [-0.25, -0.2) is 0 Å². The number of ether oxygens (including phenoxy) is 3. The van der Waals surface area contributed by atoms with E-state index < -0.39 is 0 Å². The van der Waals surface area contributed by atoms with Gasteiger partial charge in [-0.3, -0.25) is 4.99 Å². The van der Waals surface area contributed by atoms with Crippen LogP contribution in [0, 0.1) is 5.92 Å². The van der Waals surface area contributed by atoms with Crippen molar-refractivity contribution >= 4 is 5.96 Å². The number of aliphatic imine (C=N–C) groups is 1. The molecule has 2 unspecified atom stereocenters. The largest absolute Gasteiger partial charge is 0.382 e. The standard InChI is InChI=1S/C21H35N3O3/c1-3-22-21(23-12-8-13-26-16-15-25-2)24-17-19-11-7-14-27-20(19)18-9-5-4-6-10-18/h4-6,9-10,19-20H,3,7-8,11-17H2,1-2H3,(H2,22,23,24). The Morgan fingerprint density at radius 1 is 1.19 bits per heavy atom. The highest BCUT2D eigenvalue weighted by Gasteiger charge is 2.27. The first-order valence-corrected chi connectivity index (χ1v) is 10.1. The molecule has 0 spiro atoms. The highest BCUT2D eigenvalue weighted by molar-refractivity contribution is 5.79. The fourth-order valence-electron chi connectivity index (χ4n) is 3.22. The Labute approximate surface area is 163 Å². The average Bonchev–Trinajstić information content (AvgIpc) is 2.72. The van der Waals surface area contributed by atoms with Crippen LogP contribution in [0.15, 0.2) is 35.3 Å². The third kappa shape index (κ3) is 8.28. The molecule has 0 aromatic heterocycles. The molecular formula is C21H35N3O3. The Bertz CT molecular complexity index is 525. The quantitative estimate of drug-likeness (QED) is 0.353. The molecule has 152 valence electrons. The van der Waals surface area contributed by atoms with Crippen molar-refractivity contribution in [1.29, 1.82) is 0 Å². The Morgan fingerprint density at radius 2 is 2.04 bits per heavy atom. The normalized spacial score (nSPS) is 20.4. The van der Waals surface area contributed by atoms with Gasteiger partial charge in [0, 0.05) is 45.9 Å². The second-order valence-corrected chi connectivity index (χ2v) is 6.71. The Balaban J connectivity index is 1.81. The summed E-state index contributed by atoms with van der Waals surface area (Å²) < 4.78 is 16.5. The number of methoxy groups -OCH3 is 1. The number of nitrogens with one attached hydrogen (secondary N) is 2. The van der Waals surface area contributed by atoms with E-state index >= 15 is 0 Å². The fourth-order valence-corrected chi connectivity index (χ4v) is 3.22. The zero-order valence-corrected chi connectivity index (χ0v) is 16.8. The Morgan fingerprint density at radius 3 is 2.81 bits per heavy atom. The van der Waals surface area contributed by atoms with Crippen LogP contribution in [0.3, 0.4) is 0 Å². The molecule has 1 aromatic rings. The summed E-state index contributed by atoms with van der Waals surface area (Å²) in [7, 11) is 1.68. The molecule has 2 N–H and O–H groups in total. The summed E-state index contributed by atoms with van der Waals surface area (Å²) in [4.78, 5) is 4.81. The zero-order chi connectivity index (χ0) is 19.2. The first kappa shape index (κ1) is 21.7. The van der Waals surface area contributed by atoms with E-state index in [1.807, 2.05) is 6.07 Å². The number of hydrogen-bond donors (Lipinski definition) is 2. The summed E-state index contributed by atoms with van der Waals surface area (Å²) in [6.07, 6.45) is 3.33. The first-order valence-electron chi connectivity index (χ1n) is 10.1. The Kier molecular flexibility index (Phi) is 10.9. The monoisotopic (exact) mass is 377 g/mol. The van der Waals surface area contributed by atoms with Gasteiger partial charge in [0.25, 0.3) is 0 Å². The second-order valence-electron chi connectivity index (χ2n) is 6.71. The molecule has 0 aliphatic carbocycles. The van der Waals surface area contributed by atoms with Crippen LogP contribution in [0.2, 0.25) is 0 Å². The van der Waals surface area contributed by atoms with E-state index in [4.69, 9.17) is 19.2 Å². The maximum atomic E-state index is 6.08. The van der Waals surface area contributed by atoms with Crippen LogP contribution in [0.25, 0.3) is 0 Å². The number of benzene rings is 1. The third-order valence-electron chi connectivity index (χ3n) is 4.59. The summed E-state index contributed by atoms with van der Waals surface area (Å²) >= 11 is 0. The van der Waals surface area contributed by atoms with E-state index in [9.17, 15) is 0 Å². The van der Waals surface area contributed by atoms with Crippen molar-refractivity contribution in [2.45, 2.75) is 32.3 Å². The maximum Gasteiger partial charge on any atom is 0.191 e. The van der Waals surface area contributed by atoms with Crippen molar-refractivity contribution < 1.29 is 14.2 Å². The molecule has 1 aliphatic rings. The van der Waals surface area contributed by atoms with Gasteiger partial charge >= 0.3 is 0 Å². The molecular weight excluding hydrogens is 342 g/mol. The van der Waals surface area contributed by atoms with Gasteiger partial charge in [0.05, 0.1) is 19.3 Å². The van der Waals surface area contributed by atoms with Gasteiger partial charge in [-0.1, -0.05) is 30.3 Å². The fraction of sp³-hybridized carbons (Fsp3) is 0.667. The smallest absolute Gasteiger partial charge is 0.191 e. The molecule has 0 saturated carbocycles. The van der Waals surface area contributed by atoms with Crippen LogP contribution in [0.4, 0.5) is 0 Å². The van der Waals surface area contributed by atoms with Crippen LogP contribution < -0.4 is 10.6 Å². The van der Waals surface area contributed by atoms with E-state index in [0.29, 0.717) is 19.1 Å². The molecule has 2 atom stereocenters. The van der Waals surface area contributed by atoms with Crippen LogP contribution in [-0.2, 0) is 14.2 Å². The minimum atomic E-state index is 0.140. The van der Waals surface area contributed by atoms with Crippen LogP contribution in [0.1, 0.15) is 37.9 Å². The highest BCUT2D eigenvalue weighted by Crippen LogP contribution is 2.33. The third-order valence-corrected chi connectivity index (χ3v) is 4.59. The van der Waals surface area contributed by atoms with Gasteiger partial charge in [-0.2, -0.15) is 0 Å². The van der Waals surface area contributed by atoms with E-state index in [2.05, 4.69) is 41.8 Å². The minimum Gasteiger partial charge on any atom is -0.382 e. The van der Waals surface area contributed by atoms with Crippen molar-refractivity contribution in [3.8, 4) is 0 Å². The SMILES string of the molecule is CCNC(=NCC1CCCOC1c1ccccc1)NCCCOCCOC. The van der Waals surface area contributed by atoms with Crippen molar-refractivity contribution in [3.63, 3.8) is 0 Å². The summed E-state index contributed by atoms with van der Waals surface area (Å²) in [5.41, 5.74) is 1.25. The highest BCUT2D eigenvalue weighted by atomic mass is 16.5. The van der Waals surface area contributed by atoms with Gasteiger partial charge in [-0.05, 0) is 31.7 Å². The van der Waals surface area contributed by atoms with Crippen LogP contribution in [0.5, 0.6) is 0 Å². The summed E-state index contributed by atoms with van der Waals surface area (Å²) in [5.74, 6) is 1.28. The molecule has 27 heavy (non-hydrogen) atoms. The number of guanidine groups is 1. The number of nitrogens with zero attached hydrogens (tertiary/aromatic N) is 1. The maximum absolute atomic E-state index is 6.08. The van der Waals surface area contributed by atoms with Crippen LogP contribution >= 0.6 is 0 Å². The number of rotatable bonds is 11. The second kappa shape index (κ2) is 13.5. The van der Waals surface area contributed by atoms with Crippen molar-refractivity contribution in [1.82, 2.24) is 10.6 Å². The van der Waals surface area contributed by atoms with Gasteiger partial charge in [-0.15, -0.1) is 0 Å².